The standard InChI is InChI=1S/C17H32N4O3/c1-13(2)18-16(22)11-19-5-7-20(8-6-19)12-17(23)21-9-14(3)24-15(4)10-21/h13-15H,5-12H2,1-4H3,(H,18,22). The van der Waals surface area contributed by atoms with Gasteiger partial charge in [-0.1, -0.05) is 0 Å². The maximum absolute atomic E-state index is 12.5. The van der Waals surface area contributed by atoms with Crippen LogP contribution in [0.4, 0.5) is 0 Å². The van der Waals surface area contributed by atoms with Gasteiger partial charge in [-0.3, -0.25) is 19.4 Å². The van der Waals surface area contributed by atoms with Gasteiger partial charge in [0.15, 0.2) is 0 Å². The lowest BCUT2D eigenvalue weighted by molar-refractivity contribution is -0.144. The fraction of sp³-hybridized carbons (Fsp3) is 0.882. The first-order valence-electron chi connectivity index (χ1n) is 9.00. The van der Waals surface area contributed by atoms with Crippen LogP contribution < -0.4 is 5.32 Å². The van der Waals surface area contributed by atoms with Crippen molar-refractivity contribution in [2.24, 2.45) is 0 Å². The number of nitrogens with zero attached hydrogens (tertiary/aromatic N) is 3. The van der Waals surface area contributed by atoms with Crippen LogP contribution >= 0.6 is 0 Å². The molecule has 2 heterocycles. The van der Waals surface area contributed by atoms with E-state index in [-0.39, 0.29) is 30.1 Å². The molecule has 0 spiro atoms. The second-order valence-corrected chi connectivity index (χ2v) is 7.33. The predicted molar refractivity (Wildman–Crippen MR) is 92.7 cm³/mol. The molecule has 2 saturated heterocycles. The van der Waals surface area contributed by atoms with Crippen molar-refractivity contribution in [3.05, 3.63) is 0 Å². The van der Waals surface area contributed by atoms with E-state index in [9.17, 15) is 9.59 Å². The van der Waals surface area contributed by atoms with Crippen LogP contribution in [0.15, 0.2) is 0 Å². The number of amides is 2. The van der Waals surface area contributed by atoms with Crippen molar-refractivity contribution in [2.75, 3.05) is 52.4 Å². The van der Waals surface area contributed by atoms with Gasteiger partial charge in [-0.2, -0.15) is 0 Å². The summed E-state index contributed by atoms with van der Waals surface area (Å²) in [7, 11) is 0. The molecule has 7 heteroatoms. The molecular formula is C17H32N4O3. The van der Waals surface area contributed by atoms with Crippen LogP contribution in [0, 0.1) is 0 Å². The molecule has 24 heavy (non-hydrogen) atoms. The van der Waals surface area contributed by atoms with Gasteiger partial charge in [0, 0.05) is 45.3 Å². The Morgan fingerprint density at radius 2 is 1.50 bits per heavy atom. The quantitative estimate of drug-likeness (QED) is 0.749. The molecule has 0 aliphatic carbocycles. The third-order valence-electron chi connectivity index (χ3n) is 4.41. The highest BCUT2D eigenvalue weighted by molar-refractivity contribution is 5.79. The SMILES string of the molecule is CC(C)NC(=O)CN1CCN(CC(=O)N2CC(C)OC(C)C2)CC1. The van der Waals surface area contributed by atoms with Crippen molar-refractivity contribution in [3.63, 3.8) is 0 Å². The lowest BCUT2D eigenvalue weighted by atomic mass is 10.2. The van der Waals surface area contributed by atoms with Gasteiger partial charge in [-0.15, -0.1) is 0 Å². The first-order valence-corrected chi connectivity index (χ1v) is 9.00. The van der Waals surface area contributed by atoms with Crippen LogP contribution in [0.1, 0.15) is 27.7 Å². The Labute approximate surface area is 145 Å². The Morgan fingerprint density at radius 1 is 1.00 bits per heavy atom. The Hall–Kier alpha value is -1.18. The summed E-state index contributed by atoms with van der Waals surface area (Å²) in [4.78, 5) is 30.6. The molecule has 0 saturated carbocycles. The van der Waals surface area contributed by atoms with Crippen molar-refractivity contribution in [1.29, 1.82) is 0 Å². The molecule has 2 rings (SSSR count). The summed E-state index contributed by atoms with van der Waals surface area (Å²) in [6.45, 7) is 13.5. The summed E-state index contributed by atoms with van der Waals surface area (Å²) in [5.41, 5.74) is 0. The number of hydrogen-bond donors (Lipinski definition) is 1. The molecule has 0 aromatic rings. The summed E-state index contributed by atoms with van der Waals surface area (Å²) in [6, 6.07) is 0.176. The maximum Gasteiger partial charge on any atom is 0.236 e. The monoisotopic (exact) mass is 340 g/mol. The van der Waals surface area contributed by atoms with Gasteiger partial charge in [0.1, 0.15) is 0 Å². The molecule has 2 aliphatic heterocycles. The molecule has 2 atom stereocenters. The van der Waals surface area contributed by atoms with Crippen LogP contribution in [-0.2, 0) is 14.3 Å². The highest BCUT2D eigenvalue weighted by Gasteiger charge is 2.28. The normalized spacial score (nSPS) is 26.6. The topological polar surface area (TPSA) is 65.1 Å². The maximum atomic E-state index is 12.5. The molecule has 1 N–H and O–H groups in total. The smallest absolute Gasteiger partial charge is 0.236 e. The van der Waals surface area contributed by atoms with E-state index in [0.29, 0.717) is 26.2 Å². The molecule has 2 unspecified atom stereocenters. The largest absolute Gasteiger partial charge is 0.372 e. The van der Waals surface area contributed by atoms with Gasteiger partial charge >= 0.3 is 0 Å². The Bertz CT molecular complexity index is 426. The van der Waals surface area contributed by atoms with E-state index in [1.165, 1.54) is 0 Å². The van der Waals surface area contributed by atoms with E-state index < -0.39 is 0 Å². The molecule has 0 bridgehead atoms. The summed E-state index contributed by atoms with van der Waals surface area (Å²) in [5.74, 6) is 0.258. The van der Waals surface area contributed by atoms with Gasteiger partial charge < -0.3 is 15.0 Å². The number of ether oxygens (including phenoxy) is 1. The van der Waals surface area contributed by atoms with Crippen LogP contribution in [0.3, 0.4) is 0 Å². The Balaban J connectivity index is 1.70. The fourth-order valence-electron chi connectivity index (χ4n) is 3.35. The highest BCUT2D eigenvalue weighted by Crippen LogP contribution is 2.11. The van der Waals surface area contributed by atoms with Gasteiger partial charge in [0.05, 0.1) is 25.3 Å². The molecule has 2 fully saturated rings. The molecule has 2 aliphatic rings. The van der Waals surface area contributed by atoms with Gasteiger partial charge in [0.2, 0.25) is 11.8 Å². The van der Waals surface area contributed by atoms with Crippen molar-refractivity contribution < 1.29 is 14.3 Å². The average Bonchev–Trinajstić information content (AvgIpc) is 2.47. The Kier molecular flexibility index (Phi) is 7.01. The number of hydrogen-bond acceptors (Lipinski definition) is 5. The van der Waals surface area contributed by atoms with Crippen LogP contribution in [0.2, 0.25) is 0 Å². The molecule has 0 radical (unpaired) electrons. The fourth-order valence-corrected chi connectivity index (χ4v) is 3.35. The van der Waals surface area contributed by atoms with Crippen molar-refractivity contribution >= 4 is 11.8 Å². The lowest BCUT2D eigenvalue weighted by Gasteiger charge is -2.38. The third-order valence-corrected chi connectivity index (χ3v) is 4.41. The zero-order valence-electron chi connectivity index (χ0n) is 15.5. The zero-order valence-corrected chi connectivity index (χ0v) is 15.5. The average molecular weight is 340 g/mol. The minimum absolute atomic E-state index is 0.0748. The number of piperazine rings is 1. The van der Waals surface area contributed by atoms with Crippen LogP contribution in [-0.4, -0.2) is 97.1 Å². The van der Waals surface area contributed by atoms with Crippen molar-refractivity contribution in [2.45, 2.75) is 45.9 Å². The lowest BCUT2D eigenvalue weighted by Crippen LogP contribution is -2.54. The van der Waals surface area contributed by atoms with Crippen molar-refractivity contribution in [1.82, 2.24) is 20.0 Å². The summed E-state index contributed by atoms with van der Waals surface area (Å²) in [6.07, 6.45) is 0.211. The van der Waals surface area contributed by atoms with E-state index in [2.05, 4.69) is 15.1 Å². The van der Waals surface area contributed by atoms with Crippen molar-refractivity contribution in [3.8, 4) is 0 Å². The number of morpholine rings is 1. The van der Waals surface area contributed by atoms with Crippen LogP contribution in [0.5, 0.6) is 0 Å². The molecule has 2 amide bonds. The number of rotatable bonds is 5. The minimum atomic E-state index is 0.0748. The highest BCUT2D eigenvalue weighted by atomic mass is 16.5. The molecule has 7 nitrogen and oxygen atoms in total. The van der Waals surface area contributed by atoms with Crippen LogP contribution in [0.25, 0.3) is 0 Å². The van der Waals surface area contributed by atoms with E-state index >= 15 is 0 Å². The summed E-state index contributed by atoms with van der Waals surface area (Å²) in [5, 5.41) is 2.92. The van der Waals surface area contributed by atoms with Gasteiger partial charge in [-0.25, -0.2) is 0 Å². The molecule has 0 aromatic carbocycles. The van der Waals surface area contributed by atoms with E-state index in [1.807, 2.05) is 32.6 Å². The minimum Gasteiger partial charge on any atom is -0.372 e. The third kappa shape index (κ3) is 6.03. The zero-order chi connectivity index (χ0) is 17.7. The first kappa shape index (κ1) is 19.1. The summed E-state index contributed by atoms with van der Waals surface area (Å²) < 4.78 is 5.68. The van der Waals surface area contributed by atoms with E-state index in [4.69, 9.17) is 4.74 Å². The second kappa shape index (κ2) is 8.78. The molecule has 138 valence electrons. The van der Waals surface area contributed by atoms with Gasteiger partial charge in [-0.05, 0) is 27.7 Å². The van der Waals surface area contributed by atoms with E-state index in [0.717, 1.165) is 26.2 Å². The van der Waals surface area contributed by atoms with E-state index in [1.54, 1.807) is 0 Å². The Morgan fingerprint density at radius 3 is 2.00 bits per heavy atom. The second-order valence-electron chi connectivity index (χ2n) is 7.33. The number of carbonyl (C=O) groups excluding carboxylic acids is 2. The summed E-state index contributed by atoms with van der Waals surface area (Å²) >= 11 is 0. The molecule has 0 aromatic heterocycles. The predicted octanol–water partition coefficient (Wildman–Crippen LogP) is -0.236. The first-order chi connectivity index (χ1) is 11.3. The number of nitrogens with one attached hydrogen (secondary N) is 1. The molecular weight excluding hydrogens is 308 g/mol. The number of carbonyl (C=O) groups is 2. The van der Waals surface area contributed by atoms with Gasteiger partial charge in [0.25, 0.3) is 0 Å².